The van der Waals surface area contributed by atoms with Crippen LogP contribution in [0.25, 0.3) is 0 Å². The molecule has 0 unspecified atom stereocenters. The van der Waals surface area contributed by atoms with E-state index in [4.69, 9.17) is 5.11 Å². The molecule has 0 aromatic rings. The maximum Gasteiger partial charge on any atom is 0.320 e. The van der Waals surface area contributed by atoms with E-state index in [1.807, 2.05) is 0 Å². The Morgan fingerprint density at radius 1 is 1.33 bits per heavy atom. The average Bonchev–Trinajstić information content (AvgIpc) is 2.03. The lowest BCUT2D eigenvalue weighted by Gasteiger charge is -2.38. The zero-order chi connectivity index (χ0) is 8.55. The normalized spacial score (nSPS) is 40.8. The molecular formula is C9H15NO2. The Bertz CT molecular complexity index is 181. The molecule has 12 heavy (non-hydrogen) atoms. The molecule has 68 valence electrons. The van der Waals surface area contributed by atoms with E-state index in [1.165, 1.54) is 25.7 Å². The topological polar surface area (TPSA) is 49.3 Å². The molecule has 0 aromatic heterocycles. The van der Waals surface area contributed by atoms with E-state index < -0.39 is 5.97 Å². The number of carbonyl (C=O) groups is 1. The fourth-order valence-corrected chi connectivity index (χ4v) is 2.51. The van der Waals surface area contributed by atoms with Crippen molar-refractivity contribution in [3.8, 4) is 0 Å². The molecule has 2 N–H and O–H groups in total. The number of hydrogen-bond donors (Lipinski definition) is 2. The highest BCUT2D eigenvalue weighted by molar-refractivity contribution is 5.73. The second-order valence-electron chi connectivity index (χ2n) is 4.02. The third-order valence-corrected chi connectivity index (χ3v) is 3.09. The predicted octanol–water partition coefficient (Wildman–Crippen LogP) is 0.992. The molecule has 0 amide bonds. The standard InChI is InChI=1S/C9H15NO2/c11-9(12)8-5-6-2-1-3-7(4-6)10-8/h6-8,10H,1-5H2,(H,11,12)/t6-,7+,8-/m0/s1. The van der Waals surface area contributed by atoms with Crippen molar-refractivity contribution in [3.05, 3.63) is 0 Å². The van der Waals surface area contributed by atoms with Gasteiger partial charge in [0.2, 0.25) is 0 Å². The van der Waals surface area contributed by atoms with Crippen LogP contribution in [0.3, 0.4) is 0 Å². The lowest BCUT2D eigenvalue weighted by Crippen LogP contribution is -2.51. The molecule has 3 atom stereocenters. The van der Waals surface area contributed by atoms with Crippen molar-refractivity contribution in [1.29, 1.82) is 0 Å². The summed E-state index contributed by atoms with van der Waals surface area (Å²) in [5.41, 5.74) is 0. The number of piperidine rings is 1. The molecule has 0 radical (unpaired) electrons. The van der Waals surface area contributed by atoms with Crippen LogP contribution in [0.5, 0.6) is 0 Å². The van der Waals surface area contributed by atoms with Crippen molar-refractivity contribution in [2.75, 3.05) is 0 Å². The minimum atomic E-state index is -0.674. The molecule has 2 aliphatic rings. The van der Waals surface area contributed by atoms with Gasteiger partial charge in [0.15, 0.2) is 0 Å². The second-order valence-corrected chi connectivity index (χ2v) is 4.02. The zero-order valence-corrected chi connectivity index (χ0v) is 7.12. The zero-order valence-electron chi connectivity index (χ0n) is 7.12. The summed E-state index contributed by atoms with van der Waals surface area (Å²) in [4.78, 5) is 10.7. The van der Waals surface area contributed by atoms with Crippen molar-refractivity contribution in [2.45, 2.75) is 44.2 Å². The molecule has 1 aliphatic carbocycles. The van der Waals surface area contributed by atoms with Gasteiger partial charge in [-0.25, -0.2) is 0 Å². The van der Waals surface area contributed by atoms with E-state index in [0.717, 1.165) is 6.42 Å². The Morgan fingerprint density at radius 3 is 2.83 bits per heavy atom. The third kappa shape index (κ3) is 1.46. The van der Waals surface area contributed by atoms with E-state index >= 15 is 0 Å². The van der Waals surface area contributed by atoms with Crippen molar-refractivity contribution >= 4 is 5.97 Å². The smallest absolute Gasteiger partial charge is 0.320 e. The largest absolute Gasteiger partial charge is 0.480 e. The number of rotatable bonds is 1. The van der Waals surface area contributed by atoms with E-state index in [-0.39, 0.29) is 6.04 Å². The van der Waals surface area contributed by atoms with E-state index in [2.05, 4.69) is 5.32 Å². The van der Waals surface area contributed by atoms with Gasteiger partial charge in [0.25, 0.3) is 0 Å². The molecule has 3 heteroatoms. The van der Waals surface area contributed by atoms with Crippen molar-refractivity contribution < 1.29 is 9.90 Å². The molecule has 0 spiro atoms. The van der Waals surface area contributed by atoms with Gasteiger partial charge in [-0.1, -0.05) is 12.8 Å². The van der Waals surface area contributed by atoms with Gasteiger partial charge in [0.1, 0.15) is 6.04 Å². The van der Waals surface area contributed by atoms with Gasteiger partial charge in [0.05, 0.1) is 0 Å². The van der Waals surface area contributed by atoms with Gasteiger partial charge >= 0.3 is 5.97 Å². The number of fused-ring (bicyclic) bond motifs is 2. The van der Waals surface area contributed by atoms with Crippen LogP contribution in [0.1, 0.15) is 32.1 Å². The quantitative estimate of drug-likeness (QED) is 0.615. The summed E-state index contributed by atoms with van der Waals surface area (Å²) in [7, 11) is 0. The number of carboxylic acids is 1. The Kier molecular flexibility index (Phi) is 2.05. The van der Waals surface area contributed by atoms with Crippen LogP contribution in [0.15, 0.2) is 0 Å². The molecule has 0 aromatic carbocycles. The Balaban J connectivity index is 2.00. The summed E-state index contributed by atoms with van der Waals surface area (Å²) < 4.78 is 0. The highest BCUT2D eigenvalue weighted by Gasteiger charge is 2.34. The lowest BCUT2D eigenvalue weighted by atomic mass is 9.78. The van der Waals surface area contributed by atoms with Crippen LogP contribution in [0, 0.1) is 5.92 Å². The summed E-state index contributed by atoms with van der Waals surface area (Å²) in [6.07, 6.45) is 5.71. The number of nitrogens with one attached hydrogen (secondary N) is 1. The van der Waals surface area contributed by atoms with Crippen LogP contribution in [0.4, 0.5) is 0 Å². The summed E-state index contributed by atoms with van der Waals surface area (Å²) >= 11 is 0. The van der Waals surface area contributed by atoms with Gasteiger partial charge in [-0.3, -0.25) is 4.79 Å². The highest BCUT2D eigenvalue weighted by Crippen LogP contribution is 2.32. The number of carboxylic acid groups (broad SMARTS) is 1. The summed E-state index contributed by atoms with van der Waals surface area (Å²) in [5, 5.41) is 12.0. The number of aliphatic carboxylic acids is 1. The summed E-state index contributed by atoms with van der Waals surface area (Å²) in [6, 6.07) is 0.215. The molecule has 1 aliphatic heterocycles. The second kappa shape index (κ2) is 3.05. The maximum atomic E-state index is 10.7. The molecule has 1 heterocycles. The Labute approximate surface area is 72.2 Å². The van der Waals surface area contributed by atoms with Crippen LogP contribution >= 0.6 is 0 Å². The van der Waals surface area contributed by atoms with Crippen LogP contribution < -0.4 is 5.32 Å². The van der Waals surface area contributed by atoms with E-state index in [0.29, 0.717) is 12.0 Å². The van der Waals surface area contributed by atoms with Crippen molar-refractivity contribution in [1.82, 2.24) is 5.32 Å². The fraction of sp³-hybridized carbons (Fsp3) is 0.889. The molecule has 1 saturated carbocycles. The van der Waals surface area contributed by atoms with Gasteiger partial charge in [-0.15, -0.1) is 0 Å². The Hall–Kier alpha value is -0.570. The highest BCUT2D eigenvalue weighted by atomic mass is 16.4. The van der Waals surface area contributed by atoms with Gasteiger partial charge in [-0.05, 0) is 25.2 Å². The van der Waals surface area contributed by atoms with Crippen LogP contribution in [-0.2, 0) is 4.79 Å². The molecule has 2 fully saturated rings. The summed E-state index contributed by atoms with van der Waals surface area (Å²) in [5.74, 6) is -0.00213. The van der Waals surface area contributed by atoms with Gasteiger partial charge in [0, 0.05) is 6.04 Å². The molecule has 2 bridgehead atoms. The van der Waals surface area contributed by atoms with Crippen LogP contribution in [-0.4, -0.2) is 23.2 Å². The molecule has 1 saturated heterocycles. The molecule has 3 nitrogen and oxygen atoms in total. The lowest BCUT2D eigenvalue weighted by molar-refractivity contribution is -0.141. The number of hydrogen-bond acceptors (Lipinski definition) is 2. The maximum absolute atomic E-state index is 10.7. The van der Waals surface area contributed by atoms with E-state index in [1.54, 1.807) is 0 Å². The minimum absolute atomic E-state index is 0.269. The SMILES string of the molecule is O=C(O)[C@@H]1C[C@H]2CCC[C@H](C2)N1. The first-order chi connectivity index (χ1) is 5.75. The Morgan fingerprint density at radius 2 is 2.17 bits per heavy atom. The van der Waals surface area contributed by atoms with Crippen molar-refractivity contribution in [3.63, 3.8) is 0 Å². The van der Waals surface area contributed by atoms with Crippen molar-refractivity contribution in [2.24, 2.45) is 5.92 Å². The first-order valence-corrected chi connectivity index (χ1v) is 4.74. The van der Waals surface area contributed by atoms with Gasteiger partial charge in [-0.2, -0.15) is 0 Å². The van der Waals surface area contributed by atoms with E-state index in [9.17, 15) is 4.79 Å². The van der Waals surface area contributed by atoms with Crippen LogP contribution in [0.2, 0.25) is 0 Å². The monoisotopic (exact) mass is 169 g/mol. The average molecular weight is 169 g/mol. The summed E-state index contributed by atoms with van der Waals surface area (Å²) in [6.45, 7) is 0. The first-order valence-electron chi connectivity index (χ1n) is 4.74. The molecule has 2 rings (SSSR count). The fourth-order valence-electron chi connectivity index (χ4n) is 2.51. The minimum Gasteiger partial charge on any atom is -0.480 e. The third-order valence-electron chi connectivity index (χ3n) is 3.09. The predicted molar refractivity (Wildman–Crippen MR) is 44.9 cm³/mol. The molecular weight excluding hydrogens is 154 g/mol. The first kappa shape index (κ1) is 8.05. The van der Waals surface area contributed by atoms with Gasteiger partial charge < -0.3 is 10.4 Å².